The molecule has 0 aromatic carbocycles. The molecule has 1 aliphatic rings. The first kappa shape index (κ1) is 12.0. The highest BCUT2D eigenvalue weighted by Gasteiger charge is 2.35. The summed E-state index contributed by atoms with van der Waals surface area (Å²) in [5.74, 6) is -0.891. The standard InChI is InChI=1S/C12H15FN2O2/c1-12(2)8-17-6-5-15(12)11(16)9-3-4-14-7-10(9)13/h3-4,7H,5-6,8H2,1-2H3. The summed E-state index contributed by atoms with van der Waals surface area (Å²) in [6.45, 7) is 5.24. The molecule has 1 aliphatic heterocycles. The second-order valence-corrected chi connectivity index (χ2v) is 4.68. The molecule has 17 heavy (non-hydrogen) atoms. The lowest BCUT2D eigenvalue weighted by Crippen LogP contribution is -2.55. The highest BCUT2D eigenvalue weighted by molar-refractivity contribution is 5.94. The van der Waals surface area contributed by atoms with E-state index in [1.54, 1.807) is 4.90 Å². The Labute approximate surface area is 99.4 Å². The largest absolute Gasteiger partial charge is 0.377 e. The van der Waals surface area contributed by atoms with Crippen LogP contribution in [0.3, 0.4) is 0 Å². The molecular formula is C12H15FN2O2. The Hall–Kier alpha value is -1.49. The molecule has 1 aromatic heterocycles. The summed E-state index contributed by atoms with van der Waals surface area (Å²) in [6.07, 6.45) is 2.48. The Kier molecular flexibility index (Phi) is 3.11. The van der Waals surface area contributed by atoms with Crippen LogP contribution in [0.15, 0.2) is 18.5 Å². The number of rotatable bonds is 1. The summed E-state index contributed by atoms with van der Waals surface area (Å²) in [6, 6.07) is 1.41. The van der Waals surface area contributed by atoms with Gasteiger partial charge in [-0.1, -0.05) is 0 Å². The minimum absolute atomic E-state index is 0.0648. The van der Waals surface area contributed by atoms with Crippen LogP contribution in [-0.2, 0) is 4.74 Å². The van der Waals surface area contributed by atoms with E-state index >= 15 is 0 Å². The van der Waals surface area contributed by atoms with Crippen LogP contribution >= 0.6 is 0 Å². The fourth-order valence-corrected chi connectivity index (χ4v) is 1.93. The molecule has 1 fully saturated rings. The van der Waals surface area contributed by atoms with Gasteiger partial charge in [-0.2, -0.15) is 0 Å². The van der Waals surface area contributed by atoms with Gasteiger partial charge >= 0.3 is 0 Å². The van der Waals surface area contributed by atoms with Gasteiger partial charge in [0.1, 0.15) is 0 Å². The van der Waals surface area contributed by atoms with E-state index in [4.69, 9.17) is 4.74 Å². The van der Waals surface area contributed by atoms with Gasteiger partial charge < -0.3 is 9.64 Å². The first-order valence-corrected chi connectivity index (χ1v) is 5.51. The van der Waals surface area contributed by atoms with Gasteiger partial charge in [-0.25, -0.2) is 4.39 Å². The van der Waals surface area contributed by atoms with E-state index in [1.807, 2.05) is 13.8 Å². The lowest BCUT2D eigenvalue weighted by Gasteiger charge is -2.42. The van der Waals surface area contributed by atoms with Gasteiger partial charge in [0.25, 0.3) is 5.91 Å². The number of morpholine rings is 1. The van der Waals surface area contributed by atoms with E-state index in [9.17, 15) is 9.18 Å². The smallest absolute Gasteiger partial charge is 0.257 e. The lowest BCUT2D eigenvalue weighted by molar-refractivity contribution is -0.0372. The zero-order valence-corrected chi connectivity index (χ0v) is 9.94. The molecule has 0 N–H and O–H groups in total. The summed E-state index contributed by atoms with van der Waals surface area (Å²) in [4.78, 5) is 17.5. The van der Waals surface area contributed by atoms with Crippen LogP contribution in [0.4, 0.5) is 4.39 Å². The number of ether oxygens (including phenoxy) is 1. The molecule has 0 atom stereocenters. The molecule has 1 amide bonds. The third-order valence-corrected chi connectivity index (χ3v) is 2.89. The molecule has 0 radical (unpaired) electrons. The highest BCUT2D eigenvalue weighted by atomic mass is 19.1. The number of hydrogen-bond donors (Lipinski definition) is 0. The molecule has 5 heteroatoms. The predicted octanol–water partition coefficient (Wildman–Crippen LogP) is 1.47. The van der Waals surface area contributed by atoms with Gasteiger partial charge in [0.05, 0.1) is 30.5 Å². The second-order valence-electron chi connectivity index (χ2n) is 4.68. The molecule has 0 spiro atoms. The van der Waals surface area contributed by atoms with E-state index in [2.05, 4.69) is 4.98 Å². The van der Waals surface area contributed by atoms with Gasteiger partial charge in [0, 0.05) is 12.7 Å². The van der Waals surface area contributed by atoms with Crippen LogP contribution in [0.5, 0.6) is 0 Å². The average molecular weight is 238 g/mol. The first-order valence-electron chi connectivity index (χ1n) is 5.51. The van der Waals surface area contributed by atoms with E-state index < -0.39 is 11.4 Å². The molecule has 0 aliphatic carbocycles. The van der Waals surface area contributed by atoms with Gasteiger partial charge in [-0.05, 0) is 19.9 Å². The molecule has 0 saturated carbocycles. The predicted molar refractivity (Wildman–Crippen MR) is 60.1 cm³/mol. The number of nitrogens with zero attached hydrogens (tertiary/aromatic N) is 2. The molecule has 2 heterocycles. The maximum atomic E-state index is 13.5. The van der Waals surface area contributed by atoms with Crippen molar-refractivity contribution in [1.82, 2.24) is 9.88 Å². The number of hydrogen-bond acceptors (Lipinski definition) is 3. The molecular weight excluding hydrogens is 223 g/mol. The molecule has 92 valence electrons. The molecule has 1 saturated heterocycles. The molecule has 2 rings (SSSR count). The Bertz CT molecular complexity index is 434. The summed E-state index contributed by atoms with van der Waals surface area (Å²) in [5, 5.41) is 0. The van der Waals surface area contributed by atoms with Crippen LogP contribution in [-0.4, -0.2) is 41.1 Å². The van der Waals surface area contributed by atoms with E-state index in [1.165, 1.54) is 12.3 Å². The topological polar surface area (TPSA) is 42.4 Å². The minimum Gasteiger partial charge on any atom is -0.377 e. The Morgan fingerprint density at radius 2 is 2.35 bits per heavy atom. The van der Waals surface area contributed by atoms with Gasteiger partial charge in [-0.3, -0.25) is 9.78 Å². The Balaban J connectivity index is 2.28. The summed E-state index contributed by atoms with van der Waals surface area (Å²) < 4.78 is 18.8. The zero-order valence-electron chi connectivity index (χ0n) is 9.94. The average Bonchev–Trinajstić information content (AvgIpc) is 2.28. The maximum Gasteiger partial charge on any atom is 0.257 e. The van der Waals surface area contributed by atoms with Crippen molar-refractivity contribution in [3.05, 3.63) is 29.8 Å². The third kappa shape index (κ3) is 2.29. The van der Waals surface area contributed by atoms with Crippen molar-refractivity contribution in [2.45, 2.75) is 19.4 Å². The quantitative estimate of drug-likeness (QED) is 0.744. The second kappa shape index (κ2) is 4.41. The van der Waals surface area contributed by atoms with Crippen LogP contribution < -0.4 is 0 Å². The third-order valence-electron chi connectivity index (χ3n) is 2.89. The van der Waals surface area contributed by atoms with E-state index in [0.29, 0.717) is 19.8 Å². The Morgan fingerprint density at radius 3 is 3.00 bits per heavy atom. The summed E-state index contributed by atoms with van der Waals surface area (Å²) in [7, 11) is 0. The van der Waals surface area contributed by atoms with E-state index in [-0.39, 0.29) is 11.5 Å². The number of aromatic nitrogens is 1. The number of pyridine rings is 1. The molecule has 1 aromatic rings. The van der Waals surface area contributed by atoms with Crippen LogP contribution in [0.2, 0.25) is 0 Å². The normalized spacial score (nSPS) is 19.1. The van der Waals surface area contributed by atoms with Crippen molar-refractivity contribution in [2.24, 2.45) is 0 Å². The van der Waals surface area contributed by atoms with Crippen LogP contribution in [0.25, 0.3) is 0 Å². The van der Waals surface area contributed by atoms with Crippen molar-refractivity contribution >= 4 is 5.91 Å². The fraction of sp³-hybridized carbons (Fsp3) is 0.500. The number of carbonyl (C=O) groups is 1. The molecule has 0 bridgehead atoms. The van der Waals surface area contributed by atoms with Crippen LogP contribution in [0, 0.1) is 5.82 Å². The minimum atomic E-state index is -0.584. The molecule has 4 nitrogen and oxygen atoms in total. The van der Waals surface area contributed by atoms with E-state index in [0.717, 1.165) is 6.20 Å². The van der Waals surface area contributed by atoms with Crippen molar-refractivity contribution in [3.63, 3.8) is 0 Å². The number of halogens is 1. The van der Waals surface area contributed by atoms with Gasteiger partial charge in [0.15, 0.2) is 5.82 Å². The van der Waals surface area contributed by atoms with Gasteiger partial charge in [-0.15, -0.1) is 0 Å². The molecule has 0 unspecified atom stereocenters. The fourth-order valence-electron chi connectivity index (χ4n) is 1.93. The highest BCUT2D eigenvalue weighted by Crippen LogP contribution is 2.22. The van der Waals surface area contributed by atoms with Crippen molar-refractivity contribution < 1.29 is 13.9 Å². The van der Waals surface area contributed by atoms with Crippen molar-refractivity contribution in [1.29, 1.82) is 0 Å². The van der Waals surface area contributed by atoms with Crippen molar-refractivity contribution in [3.8, 4) is 0 Å². The monoisotopic (exact) mass is 238 g/mol. The number of carbonyl (C=O) groups excluding carboxylic acids is 1. The Morgan fingerprint density at radius 1 is 1.59 bits per heavy atom. The maximum absolute atomic E-state index is 13.5. The van der Waals surface area contributed by atoms with Gasteiger partial charge in [0.2, 0.25) is 0 Å². The number of amides is 1. The summed E-state index contributed by atoms with van der Waals surface area (Å²) >= 11 is 0. The zero-order chi connectivity index (χ0) is 12.5. The van der Waals surface area contributed by atoms with Crippen LogP contribution in [0.1, 0.15) is 24.2 Å². The summed E-state index contributed by atoms with van der Waals surface area (Å²) in [5.41, 5.74) is -0.347. The SMILES string of the molecule is CC1(C)COCCN1C(=O)c1ccncc1F. The lowest BCUT2D eigenvalue weighted by atomic mass is 10.0. The van der Waals surface area contributed by atoms with Crippen molar-refractivity contribution in [2.75, 3.05) is 19.8 Å². The first-order chi connectivity index (χ1) is 8.02.